The Morgan fingerprint density at radius 2 is 1.56 bits per heavy atom. The Labute approximate surface area is 145 Å². The van der Waals surface area contributed by atoms with Crippen LogP contribution < -0.4 is 5.32 Å². The molecule has 0 saturated carbocycles. The van der Waals surface area contributed by atoms with Gasteiger partial charge in [0.25, 0.3) is 5.69 Å². The molecule has 0 aromatic heterocycles. The SMILES string of the molecule is Cc1cc(C(=O)c2ccccc2)ccc1Nc1ccccc1[N+](=O)[O-]. The van der Waals surface area contributed by atoms with Crippen molar-refractivity contribution in [3.8, 4) is 0 Å². The molecule has 0 radical (unpaired) electrons. The highest BCUT2D eigenvalue weighted by molar-refractivity contribution is 6.09. The molecule has 0 aliphatic rings. The Kier molecular flexibility index (Phi) is 4.57. The van der Waals surface area contributed by atoms with E-state index in [2.05, 4.69) is 5.32 Å². The van der Waals surface area contributed by atoms with Crippen LogP contribution in [0.1, 0.15) is 21.5 Å². The standard InChI is InChI=1S/C20H16N2O3/c1-14-13-16(20(23)15-7-3-2-4-8-15)11-12-17(14)21-18-9-5-6-10-19(18)22(24)25/h2-13,21H,1H3. The van der Waals surface area contributed by atoms with E-state index >= 15 is 0 Å². The van der Waals surface area contributed by atoms with E-state index in [0.29, 0.717) is 16.8 Å². The van der Waals surface area contributed by atoms with E-state index in [1.165, 1.54) is 6.07 Å². The molecule has 0 heterocycles. The number of hydrogen-bond donors (Lipinski definition) is 1. The molecule has 0 saturated heterocycles. The third-order valence-electron chi connectivity index (χ3n) is 3.89. The number of nitro benzene ring substituents is 1. The molecule has 124 valence electrons. The largest absolute Gasteiger partial charge is 0.350 e. The van der Waals surface area contributed by atoms with E-state index in [1.807, 2.05) is 25.1 Å². The lowest BCUT2D eigenvalue weighted by Gasteiger charge is -2.11. The van der Waals surface area contributed by atoms with Crippen molar-refractivity contribution in [1.29, 1.82) is 0 Å². The fourth-order valence-electron chi connectivity index (χ4n) is 2.58. The van der Waals surface area contributed by atoms with Gasteiger partial charge in [0.1, 0.15) is 5.69 Å². The highest BCUT2D eigenvalue weighted by Crippen LogP contribution is 2.29. The first kappa shape index (κ1) is 16.4. The normalized spacial score (nSPS) is 10.3. The zero-order valence-electron chi connectivity index (χ0n) is 13.6. The Hall–Kier alpha value is -3.47. The van der Waals surface area contributed by atoms with Crippen LogP contribution >= 0.6 is 0 Å². The Balaban J connectivity index is 1.89. The number of ketones is 1. The number of benzene rings is 3. The second kappa shape index (κ2) is 6.97. The quantitative estimate of drug-likeness (QED) is 0.411. The summed E-state index contributed by atoms with van der Waals surface area (Å²) in [6, 6.07) is 20.8. The summed E-state index contributed by atoms with van der Waals surface area (Å²) in [6.07, 6.45) is 0. The number of carbonyl (C=O) groups is 1. The third kappa shape index (κ3) is 3.55. The van der Waals surface area contributed by atoms with Crippen LogP contribution in [0.4, 0.5) is 17.1 Å². The molecule has 5 heteroatoms. The molecule has 0 amide bonds. The number of nitrogens with one attached hydrogen (secondary N) is 1. The predicted octanol–water partition coefficient (Wildman–Crippen LogP) is 4.88. The van der Waals surface area contributed by atoms with E-state index in [0.717, 1.165) is 11.3 Å². The summed E-state index contributed by atoms with van der Waals surface area (Å²) in [5, 5.41) is 14.2. The van der Waals surface area contributed by atoms with Gasteiger partial charge in [0.2, 0.25) is 0 Å². The van der Waals surface area contributed by atoms with Gasteiger partial charge < -0.3 is 5.32 Å². The zero-order valence-corrected chi connectivity index (χ0v) is 13.6. The van der Waals surface area contributed by atoms with Crippen molar-refractivity contribution >= 4 is 22.8 Å². The fourth-order valence-corrected chi connectivity index (χ4v) is 2.58. The van der Waals surface area contributed by atoms with Crippen LogP contribution in [0.5, 0.6) is 0 Å². The number of aryl methyl sites for hydroxylation is 1. The van der Waals surface area contributed by atoms with Crippen LogP contribution in [-0.4, -0.2) is 10.7 Å². The molecule has 0 fully saturated rings. The van der Waals surface area contributed by atoms with Crippen molar-refractivity contribution in [2.45, 2.75) is 6.92 Å². The van der Waals surface area contributed by atoms with Gasteiger partial charge in [0.05, 0.1) is 4.92 Å². The van der Waals surface area contributed by atoms with Crippen LogP contribution in [0.3, 0.4) is 0 Å². The van der Waals surface area contributed by atoms with Crippen molar-refractivity contribution in [3.05, 3.63) is 99.6 Å². The van der Waals surface area contributed by atoms with Gasteiger partial charge in [-0.05, 0) is 36.8 Å². The molecule has 5 nitrogen and oxygen atoms in total. The second-order valence-corrected chi connectivity index (χ2v) is 5.62. The van der Waals surface area contributed by atoms with E-state index in [4.69, 9.17) is 0 Å². The number of para-hydroxylation sites is 2. The van der Waals surface area contributed by atoms with Crippen molar-refractivity contribution in [2.24, 2.45) is 0 Å². The Morgan fingerprint density at radius 3 is 2.24 bits per heavy atom. The predicted molar refractivity (Wildman–Crippen MR) is 97.4 cm³/mol. The number of nitrogens with zero attached hydrogens (tertiary/aromatic N) is 1. The van der Waals surface area contributed by atoms with Crippen LogP contribution in [-0.2, 0) is 0 Å². The molecule has 25 heavy (non-hydrogen) atoms. The topological polar surface area (TPSA) is 72.2 Å². The molecule has 3 rings (SSSR count). The third-order valence-corrected chi connectivity index (χ3v) is 3.89. The van der Waals surface area contributed by atoms with E-state index in [1.54, 1.807) is 48.5 Å². The van der Waals surface area contributed by atoms with Gasteiger partial charge in [-0.3, -0.25) is 14.9 Å². The first-order valence-electron chi connectivity index (χ1n) is 7.77. The van der Waals surface area contributed by atoms with Gasteiger partial charge in [-0.15, -0.1) is 0 Å². The molecule has 0 unspecified atom stereocenters. The van der Waals surface area contributed by atoms with Crippen LogP contribution in [0.15, 0.2) is 72.8 Å². The lowest BCUT2D eigenvalue weighted by Crippen LogP contribution is -2.03. The van der Waals surface area contributed by atoms with Crippen LogP contribution in [0.25, 0.3) is 0 Å². The molecule has 0 bridgehead atoms. The van der Waals surface area contributed by atoms with Gasteiger partial charge in [0.15, 0.2) is 5.78 Å². The summed E-state index contributed by atoms with van der Waals surface area (Å²) < 4.78 is 0. The Morgan fingerprint density at radius 1 is 0.880 bits per heavy atom. The molecular formula is C20H16N2O3. The summed E-state index contributed by atoms with van der Waals surface area (Å²) in [7, 11) is 0. The van der Waals surface area contributed by atoms with Crippen molar-refractivity contribution in [1.82, 2.24) is 0 Å². The van der Waals surface area contributed by atoms with Gasteiger partial charge in [-0.1, -0.05) is 42.5 Å². The van der Waals surface area contributed by atoms with Gasteiger partial charge in [0, 0.05) is 22.9 Å². The minimum absolute atomic E-state index is 0.00587. The number of carbonyl (C=O) groups excluding carboxylic acids is 1. The lowest BCUT2D eigenvalue weighted by molar-refractivity contribution is -0.383. The number of hydrogen-bond acceptors (Lipinski definition) is 4. The molecule has 0 spiro atoms. The monoisotopic (exact) mass is 332 g/mol. The summed E-state index contributed by atoms with van der Waals surface area (Å²) in [5.74, 6) is -0.0547. The highest BCUT2D eigenvalue weighted by Gasteiger charge is 2.14. The summed E-state index contributed by atoms with van der Waals surface area (Å²) in [4.78, 5) is 23.2. The zero-order chi connectivity index (χ0) is 17.8. The number of rotatable bonds is 5. The van der Waals surface area contributed by atoms with Crippen LogP contribution in [0, 0.1) is 17.0 Å². The smallest absolute Gasteiger partial charge is 0.292 e. The fraction of sp³-hybridized carbons (Fsp3) is 0.0500. The number of nitro groups is 1. The minimum Gasteiger partial charge on any atom is -0.350 e. The second-order valence-electron chi connectivity index (χ2n) is 5.62. The van der Waals surface area contributed by atoms with E-state index in [9.17, 15) is 14.9 Å². The minimum atomic E-state index is -0.426. The first-order chi connectivity index (χ1) is 12.1. The molecule has 0 aliphatic heterocycles. The average molecular weight is 332 g/mol. The number of anilines is 2. The van der Waals surface area contributed by atoms with E-state index < -0.39 is 4.92 Å². The van der Waals surface area contributed by atoms with Gasteiger partial charge >= 0.3 is 0 Å². The molecule has 3 aromatic carbocycles. The van der Waals surface area contributed by atoms with E-state index in [-0.39, 0.29) is 11.5 Å². The van der Waals surface area contributed by atoms with Crippen molar-refractivity contribution in [2.75, 3.05) is 5.32 Å². The summed E-state index contributed by atoms with van der Waals surface area (Å²) in [5.41, 5.74) is 3.18. The summed E-state index contributed by atoms with van der Waals surface area (Å²) >= 11 is 0. The molecule has 0 atom stereocenters. The maximum atomic E-state index is 12.5. The maximum absolute atomic E-state index is 12.5. The molecular weight excluding hydrogens is 316 g/mol. The maximum Gasteiger partial charge on any atom is 0.292 e. The Bertz CT molecular complexity index is 937. The first-order valence-corrected chi connectivity index (χ1v) is 7.77. The lowest BCUT2D eigenvalue weighted by atomic mass is 10.0. The van der Waals surface area contributed by atoms with Crippen molar-refractivity contribution in [3.63, 3.8) is 0 Å². The van der Waals surface area contributed by atoms with Gasteiger partial charge in [-0.2, -0.15) is 0 Å². The molecule has 1 N–H and O–H groups in total. The highest BCUT2D eigenvalue weighted by atomic mass is 16.6. The molecule has 3 aromatic rings. The summed E-state index contributed by atoms with van der Waals surface area (Å²) in [6.45, 7) is 1.86. The average Bonchev–Trinajstić information content (AvgIpc) is 2.64. The van der Waals surface area contributed by atoms with Crippen LogP contribution in [0.2, 0.25) is 0 Å². The van der Waals surface area contributed by atoms with Crippen molar-refractivity contribution < 1.29 is 9.72 Å². The molecule has 0 aliphatic carbocycles. The van der Waals surface area contributed by atoms with Gasteiger partial charge in [-0.25, -0.2) is 0 Å².